The molecular formula is C17H27N5O2. The number of carbonyl (C=O) groups excluding carboxylic acids is 1. The lowest BCUT2D eigenvalue weighted by Gasteiger charge is -2.40. The first-order chi connectivity index (χ1) is 11.8. The van der Waals surface area contributed by atoms with Gasteiger partial charge in [-0.2, -0.15) is 0 Å². The van der Waals surface area contributed by atoms with Gasteiger partial charge in [-0.25, -0.2) is 14.8 Å². The molecule has 1 aromatic rings. The van der Waals surface area contributed by atoms with Crippen LogP contribution >= 0.6 is 0 Å². The molecule has 0 bridgehead atoms. The molecule has 1 aromatic heterocycles. The van der Waals surface area contributed by atoms with Crippen molar-refractivity contribution in [3.8, 4) is 0 Å². The summed E-state index contributed by atoms with van der Waals surface area (Å²) in [6.07, 6.45) is 8.16. The maximum absolute atomic E-state index is 12.4. The molecule has 2 amide bonds. The number of methoxy groups -OCH3 is 1. The maximum atomic E-state index is 12.4. The molecule has 1 saturated heterocycles. The third-order valence-corrected chi connectivity index (χ3v) is 4.94. The molecule has 0 spiro atoms. The van der Waals surface area contributed by atoms with Gasteiger partial charge in [0, 0.05) is 45.4 Å². The van der Waals surface area contributed by atoms with E-state index in [4.69, 9.17) is 4.74 Å². The first-order valence-electron chi connectivity index (χ1n) is 8.86. The predicted molar refractivity (Wildman–Crippen MR) is 91.8 cm³/mol. The highest BCUT2D eigenvalue weighted by molar-refractivity contribution is 5.88. The van der Waals surface area contributed by atoms with Gasteiger partial charge in [0.15, 0.2) is 0 Å². The van der Waals surface area contributed by atoms with Gasteiger partial charge < -0.3 is 9.64 Å². The number of amides is 2. The summed E-state index contributed by atoms with van der Waals surface area (Å²) in [6.45, 7) is 3.90. The van der Waals surface area contributed by atoms with Crippen molar-refractivity contribution >= 4 is 11.8 Å². The van der Waals surface area contributed by atoms with E-state index < -0.39 is 0 Å². The standard InChI is InChI=1S/C17H27N5O2/c1-24-12-14-11-16(19-13-18-14)20-17(23)22-9-7-21(8-10-22)15-5-3-2-4-6-15/h11,13,15H,2-10,12H2,1H3,(H,18,19,20,23). The predicted octanol–water partition coefficient (Wildman–Crippen LogP) is 2.11. The lowest BCUT2D eigenvalue weighted by Crippen LogP contribution is -2.53. The second-order valence-corrected chi connectivity index (χ2v) is 6.57. The van der Waals surface area contributed by atoms with E-state index in [1.807, 2.05) is 4.90 Å². The summed E-state index contributed by atoms with van der Waals surface area (Å²) in [5.41, 5.74) is 0.755. The fourth-order valence-corrected chi connectivity index (χ4v) is 3.62. The average molecular weight is 333 g/mol. The number of urea groups is 1. The Kier molecular flexibility index (Phi) is 5.98. The Bertz CT molecular complexity index is 540. The summed E-state index contributed by atoms with van der Waals surface area (Å²) in [5.74, 6) is 0.525. The van der Waals surface area contributed by atoms with E-state index in [1.165, 1.54) is 38.4 Å². The molecule has 2 heterocycles. The number of hydrogen-bond acceptors (Lipinski definition) is 5. The van der Waals surface area contributed by atoms with Crippen LogP contribution in [0, 0.1) is 0 Å². The fourth-order valence-electron chi connectivity index (χ4n) is 3.62. The number of ether oxygens (including phenoxy) is 1. The molecule has 2 aliphatic rings. The topological polar surface area (TPSA) is 70.6 Å². The summed E-state index contributed by atoms with van der Waals surface area (Å²) in [6, 6.07) is 2.39. The first kappa shape index (κ1) is 17.1. The molecular weight excluding hydrogens is 306 g/mol. The molecule has 7 heteroatoms. The van der Waals surface area contributed by atoms with Crippen molar-refractivity contribution in [2.75, 3.05) is 38.6 Å². The minimum absolute atomic E-state index is 0.0830. The van der Waals surface area contributed by atoms with Crippen LogP contribution in [0.4, 0.5) is 10.6 Å². The van der Waals surface area contributed by atoms with Gasteiger partial charge >= 0.3 is 6.03 Å². The molecule has 0 atom stereocenters. The Hall–Kier alpha value is -1.73. The van der Waals surface area contributed by atoms with Gasteiger partial charge in [0.25, 0.3) is 0 Å². The minimum atomic E-state index is -0.0830. The van der Waals surface area contributed by atoms with Gasteiger partial charge in [0.05, 0.1) is 12.3 Å². The first-order valence-corrected chi connectivity index (χ1v) is 8.86. The van der Waals surface area contributed by atoms with Crippen molar-refractivity contribution in [2.45, 2.75) is 44.8 Å². The molecule has 24 heavy (non-hydrogen) atoms. The number of rotatable bonds is 4. The fraction of sp³-hybridized carbons (Fsp3) is 0.706. The molecule has 132 valence electrons. The smallest absolute Gasteiger partial charge is 0.323 e. The molecule has 7 nitrogen and oxygen atoms in total. The molecule has 1 saturated carbocycles. The molecule has 0 aromatic carbocycles. The van der Waals surface area contributed by atoms with Gasteiger partial charge in [-0.15, -0.1) is 0 Å². The number of nitrogens with zero attached hydrogens (tertiary/aromatic N) is 4. The lowest BCUT2D eigenvalue weighted by atomic mass is 9.94. The SMILES string of the molecule is COCc1cc(NC(=O)N2CCN(C3CCCCC3)CC2)ncn1. The van der Waals surface area contributed by atoms with E-state index in [1.54, 1.807) is 13.2 Å². The van der Waals surface area contributed by atoms with E-state index in [9.17, 15) is 4.79 Å². The number of anilines is 1. The highest BCUT2D eigenvalue weighted by Crippen LogP contribution is 2.23. The van der Waals surface area contributed by atoms with Crippen LogP contribution in [0.15, 0.2) is 12.4 Å². The van der Waals surface area contributed by atoms with Crippen molar-refractivity contribution in [1.29, 1.82) is 0 Å². The van der Waals surface area contributed by atoms with Crippen LogP contribution < -0.4 is 5.32 Å². The average Bonchev–Trinajstić information content (AvgIpc) is 2.63. The maximum Gasteiger partial charge on any atom is 0.323 e. The van der Waals surface area contributed by atoms with Crippen molar-refractivity contribution in [3.05, 3.63) is 18.1 Å². The third-order valence-electron chi connectivity index (χ3n) is 4.94. The lowest BCUT2D eigenvalue weighted by molar-refractivity contribution is 0.0942. The van der Waals surface area contributed by atoms with Gasteiger partial charge in [-0.3, -0.25) is 10.2 Å². The molecule has 3 rings (SSSR count). The van der Waals surface area contributed by atoms with Gasteiger partial charge in [-0.05, 0) is 12.8 Å². The van der Waals surface area contributed by atoms with Gasteiger partial charge in [0.2, 0.25) is 0 Å². The van der Waals surface area contributed by atoms with Crippen molar-refractivity contribution in [1.82, 2.24) is 19.8 Å². The van der Waals surface area contributed by atoms with Crippen LogP contribution in [0.3, 0.4) is 0 Å². The minimum Gasteiger partial charge on any atom is -0.378 e. The summed E-state index contributed by atoms with van der Waals surface area (Å²) >= 11 is 0. The molecule has 1 aliphatic heterocycles. The second-order valence-electron chi connectivity index (χ2n) is 6.57. The molecule has 0 unspecified atom stereocenters. The zero-order chi connectivity index (χ0) is 16.8. The van der Waals surface area contributed by atoms with Crippen LogP contribution in [0.1, 0.15) is 37.8 Å². The van der Waals surface area contributed by atoms with Crippen molar-refractivity contribution in [3.63, 3.8) is 0 Å². The summed E-state index contributed by atoms with van der Waals surface area (Å²) in [5, 5.41) is 2.87. The largest absolute Gasteiger partial charge is 0.378 e. The number of piperazine rings is 1. The van der Waals surface area contributed by atoms with Crippen LogP contribution in [-0.4, -0.2) is 65.1 Å². The molecule has 0 radical (unpaired) electrons. The number of aromatic nitrogens is 2. The zero-order valence-electron chi connectivity index (χ0n) is 14.4. The summed E-state index contributed by atoms with van der Waals surface area (Å²) in [4.78, 5) is 25.1. The van der Waals surface area contributed by atoms with Crippen molar-refractivity contribution < 1.29 is 9.53 Å². The molecule has 2 fully saturated rings. The zero-order valence-corrected chi connectivity index (χ0v) is 14.4. The van der Waals surface area contributed by atoms with E-state index in [0.717, 1.165) is 37.9 Å². The summed E-state index contributed by atoms with van der Waals surface area (Å²) < 4.78 is 5.05. The monoisotopic (exact) mass is 333 g/mol. The Morgan fingerprint density at radius 2 is 1.96 bits per heavy atom. The Morgan fingerprint density at radius 1 is 1.21 bits per heavy atom. The van der Waals surface area contributed by atoms with Crippen LogP contribution in [0.25, 0.3) is 0 Å². The van der Waals surface area contributed by atoms with Gasteiger partial charge in [0.1, 0.15) is 12.1 Å². The third kappa shape index (κ3) is 4.42. The quantitative estimate of drug-likeness (QED) is 0.914. The highest BCUT2D eigenvalue weighted by Gasteiger charge is 2.27. The van der Waals surface area contributed by atoms with Crippen LogP contribution in [0.5, 0.6) is 0 Å². The van der Waals surface area contributed by atoms with E-state index in [0.29, 0.717) is 12.4 Å². The second kappa shape index (κ2) is 8.39. The number of nitrogens with one attached hydrogen (secondary N) is 1. The highest BCUT2D eigenvalue weighted by atomic mass is 16.5. The Balaban J connectivity index is 1.49. The van der Waals surface area contributed by atoms with Crippen molar-refractivity contribution in [2.24, 2.45) is 0 Å². The molecule has 1 N–H and O–H groups in total. The number of hydrogen-bond donors (Lipinski definition) is 1. The van der Waals surface area contributed by atoms with E-state index >= 15 is 0 Å². The van der Waals surface area contributed by atoms with Crippen LogP contribution in [0.2, 0.25) is 0 Å². The summed E-state index contributed by atoms with van der Waals surface area (Å²) in [7, 11) is 1.62. The van der Waals surface area contributed by atoms with E-state index in [-0.39, 0.29) is 6.03 Å². The molecule has 1 aliphatic carbocycles. The van der Waals surface area contributed by atoms with Crippen LogP contribution in [-0.2, 0) is 11.3 Å². The Labute approximate surface area is 143 Å². The Morgan fingerprint density at radius 3 is 2.67 bits per heavy atom. The van der Waals surface area contributed by atoms with E-state index in [2.05, 4.69) is 20.2 Å². The van der Waals surface area contributed by atoms with Gasteiger partial charge in [-0.1, -0.05) is 19.3 Å². The number of carbonyl (C=O) groups is 1. The normalized spacial score (nSPS) is 20.1.